The van der Waals surface area contributed by atoms with Gasteiger partial charge in [0.15, 0.2) is 0 Å². The number of morpholine rings is 1. The van der Waals surface area contributed by atoms with Crippen molar-refractivity contribution in [2.45, 2.75) is 278 Å². The number of ether oxygens (including phenoxy) is 1. The van der Waals surface area contributed by atoms with Crippen molar-refractivity contribution in [2.75, 3.05) is 81.2 Å². The van der Waals surface area contributed by atoms with Crippen LogP contribution in [0.4, 0.5) is 13.2 Å². The van der Waals surface area contributed by atoms with Crippen LogP contribution in [0.5, 0.6) is 0 Å². The molecular weight excluding hydrogens is 1360 g/mol. The van der Waals surface area contributed by atoms with Crippen molar-refractivity contribution < 1.29 is 75.4 Å². The number of carbonyl (C=O) groups excluding carboxylic acids is 12. The standard InChI is InChI=1S/C74H116ClF3N12O13/c1-9-45(2)61-65(95)79-46(3)66(96)90-35-31-55(90)69(99)85(6)57(42-48-20-11-10-12-21-48)68(98)83(4)44-59(91)80-53(30-28-49-27-29-51(52(75)40-49)74(76,77)78)67(97)89-34-19-26-54(89)64(94)82-73(32-17-18-33-73)72(102)87(8)62(50-24-15-16-25-50)71(101)86(7)58(70(100)88-36-38-103-39-37-88)43-60(92)84(5)56(63(93)81-61)41-47-22-13-14-23-47/h45-58,61-62H,9-44H2,1-8H3,(H,79,95)(H,80,91)(H,81,93)(H,82,94)/t45-,46-,49?,51?,52?,53-,54-,55-,56-,57-,58-,61-,62-/m0/s1. The maximum absolute atomic E-state index is 15.8. The maximum atomic E-state index is 15.8. The van der Waals surface area contributed by atoms with Gasteiger partial charge in [0.1, 0.15) is 59.9 Å². The van der Waals surface area contributed by atoms with Crippen LogP contribution in [-0.2, 0) is 62.3 Å². The number of halogens is 4. The summed E-state index contributed by atoms with van der Waals surface area (Å²) in [6.07, 6.45) is 8.51. The smallest absolute Gasteiger partial charge is 0.378 e. The van der Waals surface area contributed by atoms with E-state index in [0.717, 1.165) is 70.6 Å². The number of nitrogens with zero attached hydrogens (tertiary/aromatic N) is 8. The van der Waals surface area contributed by atoms with Crippen LogP contribution in [0.15, 0.2) is 0 Å². The summed E-state index contributed by atoms with van der Waals surface area (Å²) < 4.78 is 47.8. The van der Waals surface area contributed by atoms with Gasteiger partial charge in [0, 0.05) is 66.8 Å². The molecule has 0 bridgehead atoms. The van der Waals surface area contributed by atoms with Crippen LogP contribution < -0.4 is 21.3 Å². The van der Waals surface area contributed by atoms with Crippen LogP contribution in [0.1, 0.15) is 207 Å². The first-order chi connectivity index (χ1) is 48.9. The van der Waals surface area contributed by atoms with E-state index in [2.05, 4.69) is 21.3 Å². The molecule has 9 rings (SSSR count). The van der Waals surface area contributed by atoms with Crippen molar-refractivity contribution in [1.29, 1.82) is 0 Å². The van der Waals surface area contributed by atoms with Gasteiger partial charge in [-0.15, -0.1) is 11.6 Å². The lowest BCUT2D eigenvalue weighted by Gasteiger charge is -2.44. The van der Waals surface area contributed by atoms with E-state index >= 15 is 38.4 Å². The van der Waals surface area contributed by atoms with E-state index in [1.165, 1.54) is 81.4 Å². The molecule has 0 radical (unpaired) electrons. The highest BCUT2D eigenvalue weighted by atomic mass is 35.5. The Morgan fingerprint density at radius 2 is 1.20 bits per heavy atom. The van der Waals surface area contributed by atoms with Gasteiger partial charge in [0.05, 0.1) is 32.1 Å². The molecule has 0 aromatic rings. The topological polar surface area (TPSA) is 288 Å². The Morgan fingerprint density at radius 1 is 0.592 bits per heavy atom. The van der Waals surface area contributed by atoms with Crippen LogP contribution >= 0.6 is 11.6 Å². The van der Waals surface area contributed by atoms with E-state index < -0.39 is 173 Å². The molecule has 13 atom stereocenters. The Kier molecular flexibility index (Phi) is 28.1. The Morgan fingerprint density at radius 3 is 1.81 bits per heavy atom. The summed E-state index contributed by atoms with van der Waals surface area (Å²) in [5.74, 6) is -10.3. The van der Waals surface area contributed by atoms with Crippen molar-refractivity contribution >= 4 is 82.5 Å². The largest absolute Gasteiger partial charge is 0.393 e. The zero-order chi connectivity index (χ0) is 74.8. The molecular formula is C74H116ClF3N12O13. The van der Waals surface area contributed by atoms with E-state index in [9.17, 15) is 32.3 Å². The average molecular weight is 1470 g/mol. The summed E-state index contributed by atoms with van der Waals surface area (Å²) in [6, 6.07) is -10.8. The third kappa shape index (κ3) is 19.3. The van der Waals surface area contributed by atoms with Gasteiger partial charge < -0.3 is 65.2 Å². The minimum absolute atomic E-state index is 0.00240. The second kappa shape index (κ2) is 35.8. The SMILES string of the molecule is CC[C@H](C)[C@@H]1NC(=O)[C@H](CC2CCCC2)N(C)C(=O)C[C@@H](C(=O)N2CCOCC2)N(C)C(=O)[C@H](C2CCCC2)N(C)C(=O)C2(CCCC2)NC(=O)[C@@H]2CCCN2C(=O)[C@H](CCC2CCC(C(F)(F)F)C(Cl)C2)NC(=O)CN(C)C(=O)[C@H](CC2CCCCC2)N(C)C(=O)[C@@H]2CCN2C(=O)[C@H](C)NC1=O. The minimum atomic E-state index is -4.51. The van der Waals surface area contributed by atoms with Crippen molar-refractivity contribution in [3.63, 3.8) is 0 Å². The number of carbonyl (C=O) groups is 12. The molecule has 9 fully saturated rings. The quantitative estimate of drug-likeness (QED) is 0.182. The van der Waals surface area contributed by atoms with E-state index in [4.69, 9.17) is 16.3 Å². The average Bonchev–Trinajstić information content (AvgIpc) is 1.77. The number of hydrogen-bond acceptors (Lipinski definition) is 13. The molecule has 0 aromatic heterocycles. The Labute approximate surface area is 610 Å². The molecule has 4 aliphatic heterocycles. The van der Waals surface area contributed by atoms with Crippen molar-refractivity contribution in [2.24, 2.45) is 35.5 Å². The van der Waals surface area contributed by atoms with Gasteiger partial charge in [0.2, 0.25) is 70.9 Å². The number of fused-ring (bicyclic) bond motifs is 2. The Balaban J connectivity index is 1.07. The lowest BCUT2D eigenvalue weighted by Crippen LogP contribution is -2.65. The van der Waals surface area contributed by atoms with Crippen LogP contribution in [0.2, 0.25) is 0 Å². The molecule has 3 unspecified atom stereocenters. The lowest BCUT2D eigenvalue weighted by atomic mass is 9.78. The van der Waals surface area contributed by atoms with Gasteiger partial charge in [-0.05, 0) is 126 Å². The van der Waals surface area contributed by atoms with Gasteiger partial charge in [-0.1, -0.05) is 104 Å². The lowest BCUT2D eigenvalue weighted by molar-refractivity contribution is -0.182. The third-order valence-electron chi connectivity index (χ3n) is 24.9. The van der Waals surface area contributed by atoms with E-state index in [1.807, 2.05) is 6.92 Å². The van der Waals surface area contributed by atoms with Crippen LogP contribution in [0.3, 0.4) is 0 Å². The van der Waals surface area contributed by atoms with Crippen molar-refractivity contribution in [3.05, 3.63) is 0 Å². The Bertz CT molecular complexity index is 3050. The molecule has 4 heterocycles. The Hall–Kier alpha value is -6.32. The van der Waals surface area contributed by atoms with Crippen molar-refractivity contribution in [3.8, 4) is 0 Å². The summed E-state index contributed by atoms with van der Waals surface area (Å²) in [4.78, 5) is 192. The fourth-order valence-electron chi connectivity index (χ4n) is 18.1. The molecule has 103 heavy (non-hydrogen) atoms. The van der Waals surface area contributed by atoms with Crippen LogP contribution in [0, 0.1) is 35.5 Å². The summed E-state index contributed by atoms with van der Waals surface area (Å²) >= 11 is 6.42. The number of rotatable bonds is 11. The first-order valence-corrected chi connectivity index (χ1v) is 39.1. The van der Waals surface area contributed by atoms with Gasteiger partial charge in [-0.2, -0.15) is 13.2 Å². The summed E-state index contributed by atoms with van der Waals surface area (Å²) in [6.45, 7) is 5.51. The first kappa shape index (κ1) is 80.8. The second-order valence-electron chi connectivity index (χ2n) is 31.8. The molecule has 4 saturated heterocycles. The molecule has 29 heteroatoms. The van der Waals surface area contributed by atoms with Gasteiger partial charge in [0.25, 0.3) is 0 Å². The number of likely N-dealkylation sites (N-methyl/N-ethyl adjacent to an activating group) is 5. The minimum Gasteiger partial charge on any atom is -0.378 e. The highest BCUT2D eigenvalue weighted by Crippen LogP contribution is 2.44. The summed E-state index contributed by atoms with van der Waals surface area (Å²) in [7, 11) is 7.37. The van der Waals surface area contributed by atoms with Crippen molar-refractivity contribution in [1.82, 2.24) is 60.5 Å². The third-order valence-corrected chi connectivity index (χ3v) is 25.4. The predicted octanol–water partition coefficient (Wildman–Crippen LogP) is 5.66. The van der Waals surface area contributed by atoms with Crippen LogP contribution in [-0.4, -0.2) is 263 Å². The maximum Gasteiger partial charge on any atom is 0.393 e. The molecule has 12 amide bonds. The van der Waals surface area contributed by atoms with Gasteiger partial charge >= 0.3 is 6.18 Å². The molecule has 1 spiro atoms. The zero-order valence-corrected chi connectivity index (χ0v) is 62.8. The van der Waals surface area contributed by atoms with E-state index in [-0.39, 0.29) is 128 Å². The fourth-order valence-corrected chi connectivity index (χ4v) is 18.7. The molecule has 0 aromatic carbocycles. The predicted molar refractivity (Wildman–Crippen MR) is 376 cm³/mol. The van der Waals surface area contributed by atoms with Gasteiger partial charge in [-0.25, -0.2) is 0 Å². The highest BCUT2D eigenvalue weighted by Gasteiger charge is 2.53. The molecule has 578 valence electrons. The highest BCUT2D eigenvalue weighted by molar-refractivity contribution is 6.21. The zero-order valence-electron chi connectivity index (χ0n) is 62.1. The molecule has 5 aliphatic carbocycles. The number of alkyl halides is 4. The monoisotopic (exact) mass is 1470 g/mol. The molecule has 4 N–H and O–H groups in total. The molecule has 5 saturated carbocycles. The first-order valence-electron chi connectivity index (χ1n) is 38.7. The molecule has 9 aliphatic rings. The normalized spacial score (nSPS) is 32.1. The number of amides is 12. The van der Waals surface area contributed by atoms with Gasteiger partial charge in [-0.3, -0.25) is 57.5 Å². The number of hydrogen-bond donors (Lipinski definition) is 4. The summed E-state index contributed by atoms with van der Waals surface area (Å²) in [5, 5.41) is 10.5. The molecule has 25 nitrogen and oxygen atoms in total. The summed E-state index contributed by atoms with van der Waals surface area (Å²) in [5.41, 5.74) is -1.56. The fraction of sp³-hybridized carbons (Fsp3) is 0.838. The van der Waals surface area contributed by atoms with E-state index in [0.29, 0.717) is 38.5 Å². The number of nitrogens with one attached hydrogen (secondary N) is 4. The van der Waals surface area contributed by atoms with Crippen LogP contribution in [0.25, 0.3) is 0 Å². The van der Waals surface area contributed by atoms with E-state index in [1.54, 1.807) is 6.92 Å². The second-order valence-corrected chi connectivity index (χ2v) is 32.3.